The zero-order chi connectivity index (χ0) is 19.7. The summed E-state index contributed by atoms with van der Waals surface area (Å²) in [5.74, 6) is 1.03. The molecule has 8 heteroatoms. The van der Waals surface area contributed by atoms with Gasteiger partial charge in [-0.15, -0.1) is 0 Å². The number of benzene rings is 2. The number of nitrogens with zero attached hydrogens (tertiary/aromatic N) is 3. The summed E-state index contributed by atoms with van der Waals surface area (Å²) in [5, 5.41) is 4.07. The van der Waals surface area contributed by atoms with Crippen molar-refractivity contribution < 1.29 is 12.9 Å². The lowest BCUT2D eigenvalue weighted by atomic mass is 10.2. The minimum atomic E-state index is -3.57. The second-order valence-corrected chi connectivity index (χ2v) is 8.86. The van der Waals surface area contributed by atoms with Crippen molar-refractivity contribution in [3.63, 3.8) is 0 Å². The number of hydrogen-bond acceptors (Lipinski definition) is 6. The third-order valence-electron chi connectivity index (χ3n) is 4.96. The van der Waals surface area contributed by atoms with Gasteiger partial charge >= 0.3 is 0 Å². The summed E-state index contributed by atoms with van der Waals surface area (Å²) in [5.41, 5.74) is 1.90. The van der Waals surface area contributed by atoms with Crippen LogP contribution in [-0.4, -0.2) is 43.1 Å². The Kier molecular flexibility index (Phi) is 5.01. The Labute approximate surface area is 164 Å². The van der Waals surface area contributed by atoms with Gasteiger partial charge in [-0.3, -0.25) is 4.90 Å². The van der Waals surface area contributed by atoms with Crippen molar-refractivity contribution in [2.75, 3.05) is 13.6 Å². The fourth-order valence-electron chi connectivity index (χ4n) is 3.45. The van der Waals surface area contributed by atoms with Crippen LogP contribution in [-0.2, 0) is 10.0 Å². The lowest BCUT2D eigenvalue weighted by Gasteiger charge is -2.14. The number of hydrogen-bond donors (Lipinski definition) is 1. The molecule has 7 nitrogen and oxygen atoms in total. The van der Waals surface area contributed by atoms with Gasteiger partial charge < -0.3 is 4.52 Å². The molecule has 0 amide bonds. The Morgan fingerprint density at radius 2 is 1.82 bits per heavy atom. The van der Waals surface area contributed by atoms with Crippen molar-refractivity contribution >= 4 is 10.0 Å². The molecule has 0 radical (unpaired) electrons. The first kappa shape index (κ1) is 18.8. The van der Waals surface area contributed by atoms with Gasteiger partial charge in [-0.25, -0.2) is 13.1 Å². The van der Waals surface area contributed by atoms with Crippen LogP contribution in [0.3, 0.4) is 0 Å². The molecular formula is C20H22N4O3S. The van der Waals surface area contributed by atoms with Crippen LogP contribution >= 0.6 is 0 Å². The Morgan fingerprint density at radius 1 is 1.11 bits per heavy atom. The summed E-state index contributed by atoms with van der Waals surface area (Å²) < 4.78 is 33.6. The molecule has 0 aliphatic carbocycles. The number of aromatic nitrogens is 2. The Hall–Kier alpha value is -2.55. The second-order valence-electron chi connectivity index (χ2n) is 7.14. The van der Waals surface area contributed by atoms with Gasteiger partial charge in [0, 0.05) is 18.2 Å². The first-order chi connectivity index (χ1) is 13.4. The molecule has 1 aliphatic heterocycles. The summed E-state index contributed by atoms with van der Waals surface area (Å²) in [4.78, 5) is 6.82. The molecule has 1 fully saturated rings. The van der Waals surface area contributed by atoms with E-state index in [4.69, 9.17) is 4.52 Å². The van der Waals surface area contributed by atoms with Crippen LogP contribution in [0.2, 0.25) is 0 Å². The fraction of sp³-hybridized carbons (Fsp3) is 0.300. The van der Waals surface area contributed by atoms with Gasteiger partial charge in [0.05, 0.1) is 10.9 Å². The van der Waals surface area contributed by atoms with Crippen LogP contribution < -0.4 is 4.72 Å². The van der Waals surface area contributed by atoms with Crippen molar-refractivity contribution in [2.24, 2.45) is 0 Å². The third-order valence-corrected chi connectivity index (χ3v) is 6.50. The van der Waals surface area contributed by atoms with E-state index in [1.807, 2.05) is 49.2 Å². The lowest BCUT2D eigenvalue weighted by molar-refractivity contribution is 0.244. The van der Waals surface area contributed by atoms with E-state index in [-0.39, 0.29) is 17.0 Å². The van der Waals surface area contributed by atoms with Crippen LogP contribution in [0.15, 0.2) is 64.0 Å². The molecule has 4 rings (SSSR count). The predicted octanol–water partition coefficient (Wildman–Crippen LogP) is 2.77. The number of likely N-dealkylation sites (N-methyl/N-ethyl adjacent to an activating group) is 1. The third kappa shape index (κ3) is 3.84. The molecule has 2 aromatic carbocycles. The SMILES string of the molecule is Cc1ccc(S(=O)(=O)NC2CC(c3nc(-c4ccccc4)no3)N(C)C2)cc1. The van der Waals surface area contributed by atoms with Crippen LogP contribution in [0.1, 0.15) is 23.9 Å². The van der Waals surface area contributed by atoms with Gasteiger partial charge in [0.15, 0.2) is 0 Å². The first-order valence-corrected chi connectivity index (χ1v) is 10.6. The van der Waals surface area contributed by atoms with Crippen LogP contribution in [0, 0.1) is 6.92 Å². The molecule has 0 spiro atoms. The van der Waals surface area contributed by atoms with Gasteiger partial charge in [-0.2, -0.15) is 4.98 Å². The molecule has 0 saturated carbocycles. The highest BCUT2D eigenvalue weighted by atomic mass is 32.2. The molecule has 1 N–H and O–H groups in total. The molecule has 146 valence electrons. The number of likely N-dealkylation sites (tertiary alicyclic amines) is 1. The average Bonchev–Trinajstić information content (AvgIpc) is 3.29. The fourth-order valence-corrected chi connectivity index (χ4v) is 4.69. The van der Waals surface area contributed by atoms with E-state index >= 15 is 0 Å². The standard InChI is InChI=1S/C20H22N4O3S/c1-14-8-10-17(11-9-14)28(25,26)23-16-12-18(24(2)13-16)20-21-19(22-27-20)15-6-4-3-5-7-15/h3-11,16,18,23H,12-13H2,1-2H3. The second kappa shape index (κ2) is 7.46. The molecule has 2 unspecified atom stereocenters. The normalized spacial score (nSPS) is 20.5. The van der Waals surface area contributed by atoms with Crippen molar-refractivity contribution in [3.8, 4) is 11.4 Å². The largest absolute Gasteiger partial charge is 0.337 e. The van der Waals surface area contributed by atoms with Crippen molar-refractivity contribution in [2.45, 2.75) is 30.3 Å². The molecular weight excluding hydrogens is 376 g/mol. The molecule has 1 aliphatic rings. The summed E-state index contributed by atoms with van der Waals surface area (Å²) in [6.07, 6.45) is 0.567. The van der Waals surface area contributed by atoms with E-state index in [0.717, 1.165) is 11.1 Å². The number of rotatable bonds is 5. The average molecular weight is 398 g/mol. The zero-order valence-electron chi connectivity index (χ0n) is 15.7. The molecule has 3 aromatic rings. The van der Waals surface area contributed by atoms with Gasteiger partial charge in [0.2, 0.25) is 21.7 Å². The van der Waals surface area contributed by atoms with E-state index < -0.39 is 10.0 Å². The van der Waals surface area contributed by atoms with E-state index in [1.165, 1.54) is 0 Å². The smallest absolute Gasteiger partial charge is 0.244 e. The van der Waals surface area contributed by atoms with Gasteiger partial charge in [0.25, 0.3) is 0 Å². The number of aryl methyl sites for hydroxylation is 1. The van der Waals surface area contributed by atoms with Crippen LogP contribution in [0.5, 0.6) is 0 Å². The lowest BCUT2D eigenvalue weighted by Crippen LogP contribution is -2.36. The summed E-state index contributed by atoms with van der Waals surface area (Å²) >= 11 is 0. The predicted molar refractivity (Wildman–Crippen MR) is 105 cm³/mol. The Morgan fingerprint density at radius 3 is 2.54 bits per heavy atom. The van der Waals surface area contributed by atoms with Crippen LogP contribution in [0.25, 0.3) is 11.4 Å². The number of sulfonamides is 1. The monoisotopic (exact) mass is 398 g/mol. The van der Waals surface area contributed by atoms with Gasteiger partial charge in [-0.05, 0) is 32.5 Å². The summed E-state index contributed by atoms with van der Waals surface area (Å²) in [6.45, 7) is 2.49. The number of nitrogens with one attached hydrogen (secondary N) is 1. The molecule has 0 bridgehead atoms. The maximum Gasteiger partial charge on any atom is 0.244 e. The summed E-state index contributed by atoms with van der Waals surface area (Å²) in [7, 11) is -1.64. The van der Waals surface area contributed by atoms with Gasteiger partial charge in [-0.1, -0.05) is 53.2 Å². The Bertz CT molecular complexity index is 1050. The van der Waals surface area contributed by atoms with Crippen molar-refractivity contribution in [3.05, 3.63) is 66.1 Å². The quantitative estimate of drug-likeness (QED) is 0.711. The highest BCUT2D eigenvalue weighted by Crippen LogP contribution is 2.31. The maximum absolute atomic E-state index is 12.7. The van der Waals surface area contributed by atoms with E-state index in [1.54, 1.807) is 24.3 Å². The van der Waals surface area contributed by atoms with Crippen molar-refractivity contribution in [1.82, 2.24) is 19.8 Å². The van der Waals surface area contributed by atoms with E-state index in [2.05, 4.69) is 14.9 Å². The molecule has 1 saturated heterocycles. The summed E-state index contributed by atoms with van der Waals surface area (Å²) in [6, 6.07) is 16.1. The minimum absolute atomic E-state index is 0.129. The van der Waals surface area contributed by atoms with Crippen LogP contribution in [0.4, 0.5) is 0 Å². The topological polar surface area (TPSA) is 88.3 Å². The molecule has 2 atom stereocenters. The minimum Gasteiger partial charge on any atom is -0.337 e. The molecule has 2 heterocycles. The molecule has 1 aromatic heterocycles. The molecule has 28 heavy (non-hydrogen) atoms. The van der Waals surface area contributed by atoms with E-state index in [0.29, 0.717) is 24.7 Å². The van der Waals surface area contributed by atoms with Crippen molar-refractivity contribution in [1.29, 1.82) is 0 Å². The highest BCUT2D eigenvalue weighted by Gasteiger charge is 2.36. The first-order valence-electron chi connectivity index (χ1n) is 9.10. The zero-order valence-corrected chi connectivity index (χ0v) is 16.6. The Balaban J connectivity index is 1.48. The highest BCUT2D eigenvalue weighted by molar-refractivity contribution is 7.89. The van der Waals surface area contributed by atoms with E-state index in [9.17, 15) is 8.42 Å². The van der Waals surface area contributed by atoms with Gasteiger partial charge in [0.1, 0.15) is 0 Å². The maximum atomic E-state index is 12.7.